The van der Waals surface area contributed by atoms with Gasteiger partial charge in [0.05, 0.1) is 6.10 Å². The Morgan fingerprint density at radius 1 is 1.11 bits per heavy atom. The van der Waals surface area contributed by atoms with E-state index in [2.05, 4.69) is 6.92 Å². The number of aliphatic carboxylic acids is 1. The standard InChI is InChI=1S/C16H24O3/c1-2-3-9-12-15(17)13-10-7-5-4-6-8-11-14-16(18)19/h3,5-10,13,15,17H,2,4,11-12,14H2,1H3,(H,18,19)/b7-5-,8-6-,9-3-,13-10+/t15-/m0/s1. The van der Waals surface area contributed by atoms with Crippen molar-refractivity contribution in [3.63, 3.8) is 0 Å². The monoisotopic (exact) mass is 264 g/mol. The van der Waals surface area contributed by atoms with Gasteiger partial charge in [-0.05, 0) is 25.7 Å². The molecule has 0 radical (unpaired) electrons. The van der Waals surface area contributed by atoms with E-state index in [-0.39, 0.29) is 6.42 Å². The summed E-state index contributed by atoms with van der Waals surface area (Å²) in [4.78, 5) is 10.2. The van der Waals surface area contributed by atoms with Gasteiger partial charge < -0.3 is 10.2 Å². The first-order valence-electron chi connectivity index (χ1n) is 6.70. The minimum Gasteiger partial charge on any atom is -0.481 e. The second kappa shape index (κ2) is 12.8. The van der Waals surface area contributed by atoms with Crippen molar-refractivity contribution in [1.82, 2.24) is 0 Å². The molecule has 0 rings (SSSR count). The molecule has 0 spiro atoms. The van der Waals surface area contributed by atoms with Gasteiger partial charge in [-0.3, -0.25) is 4.79 Å². The van der Waals surface area contributed by atoms with Crippen molar-refractivity contribution >= 4 is 5.97 Å². The van der Waals surface area contributed by atoms with Crippen LogP contribution in [0.4, 0.5) is 0 Å². The van der Waals surface area contributed by atoms with Crippen molar-refractivity contribution in [3.05, 3.63) is 48.6 Å². The average molecular weight is 264 g/mol. The summed E-state index contributed by atoms with van der Waals surface area (Å²) in [6, 6.07) is 0. The molecule has 3 heteroatoms. The molecule has 0 unspecified atom stereocenters. The lowest BCUT2D eigenvalue weighted by Crippen LogP contribution is -1.98. The van der Waals surface area contributed by atoms with Crippen LogP contribution >= 0.6 is 0 Å². The van der Waals surface area contributed by atoms with Gasteiger partial charge >= 0.3 is 5.97 Å². The molecule has 0 fully saturated rings. The third-order valence-corrected chi connectivity index (χ3v) is 2.32. The van der Waals surface area contributed by atoms with Crippen LogP contribution in [0.5, 0.6) is 0 Å². The van der Waals surface area contributed by atoms with Gasteiger partial charge in [-0.25, -0.2) is 0 Å². The van der Waals surface area contributed by atoms with Crippen LogP contribution < -0.4 is 0 Å². The number of hydrogen-bond acceptors (Lipinski definition) is 2. The molecule has 0 saturated heterocycles. The van der Waals surface area contributed by atoms with E-state index < -0.39 is 12.1 Å². The Morgan fingerprint density at radius 3 is 2.58 bits per heavy atom. The summed E-state index contributed by atoms with van der Waals surface area (Å²) in [6.45, 7) is 2.06. The number of carboxylic acid groups (broad SMARTS) is 1. The molecule has 2 N–H and O–H groups in total. The lowest BCUT2D eigenvalue weighted by Gasteiger charge is -1.98. The zero-order valence-corrected chi connectivity index (χ0v) is 11.5. The Kier molecular flexibility index (Phi) is 11.7. The van der Waals surface area contributed by atoms with E-state index in [1.165, 1.54) is 0 Å². The molecule has 3 nitrogen and oxygen atoms in total. The van der Waals surface area contributed by atoms with Crippen LogP contribution in [0.3, 0.4) is 0 Å². The van der Waals surface area contributed by atoms with E-state index in [0.717, 1.165) is 12.8 Å². The van der Waals surface area contributed by atoms with Crippen LogP contribution in [0.2, 0.25) is 0 Å². The van der Waals surface area contributed by atoms with Crippen LogP contribution in [0.15, 0.2) is 48.6 Å². The van der Waals surface area contributed by atoms with Gasteiger partial charge in [-0.15, -0.1) is 0 Å². The van der Waals surface area contributed by atoms with Crippen molar-refractivity contribution in [2.24, 2.45) is 0 Å². The quantitative estimate of drug-likeness (QED) is 0.468. The maximum Gasteiger partial charge on any atom is 0.303 e. The van der Waals surface area contributed by atoms with E-state index in [9.17, 15) is 9.90 Å². The highest BCUT2D eigenvalue weighted by Crippen LogP contribution is 1.98. The number of carbonyl (C=O) groups is 1. The number of carboxylic acids is 1. The van der Waals surface area contributed by atoms with Gasteiger partial charge in [0, 0.05) is 6.42 Å². The molecule has 0 aromatic heterocycles. The summed E-state index contributed by atoms with van der Waals surface area (Å²) >= 11 is 0. The first-order valence-corrected chi connectivity index (χ1v) is 6.70. The van der Waals surface area contributed by atoms with Crippen LogP contribution in [-0.2, 0) is 4.79 Å². The molecular formula is C16H24O3. The van der Waals surface area contributed by atoms with Crippen LogP contribution in [0.1, 0.15) is 39.0 Å². The summed E-state index contributed by atoms with van der Waals surface area (Å²) in [5.74, 6) is -0.769. The summed E-state index contributed by atoms with van der Waals surface area (Å²) in [6.07, 6.45) is 18.0. The predicted octanol–water partition coefficient (Wildman–Crippen LogP) is 3.63. The van der Waals surface area contributed by atoms with Crippen LogP contribution in [0.25, 0.3) is 0 Å². The molecule has 0 saturated carbocycles. The number of rotatable bonds is 10. The largest absolute Gasteiger partial charge is 0.481 e. The fraction of sp³-hybridized carbons (Fsp3) is 0.438. The van der Waals surface area contributed by atoms with E-state index in [0.29, 0.717) is 12.8 Å². The Labute approximate surface area is 115 Å². The van der Waals surface area contributed by atoms with Crippen molar-refractivity contribution in [1.29, 1.82) is 0 Å². The first kappa shape index (κ1) is 17.4. The number of aliphatic hydroxyl groups is 1. The number of hydrogen-bond donors (Lipinski definition) is 2. The highest BCUT2D eigenvalue weighted by Gasteiger charge is 1.92. The van der Waals surface area contributed by atoms with Gasteiger partial charge in [-0.2, -0.15) is 0 Å². The summed E-state index contributed by atoms with van der Waals surface area (Å²) < 4.78 is 0. The first-order chi connectivity index (χ1) is 9.16. The minimum absolute atomic E-state index is 0.178. The predicted molar refractivity (Wildman–Crippen MR) is 79.0 cm³/mol. The molecule has 106 valence electrons. The van der Waals surface area contributed by atoms with Gasteiger partial charge in [0.1, 0.15) is 0 Å². The molecule has 1 atom stereocenters. The molecule has 0 aliphatic carbocycles. The molecule has 0 aliphatic rings. The topological polar surface area (TPSA) is 57.5 Å². The van der Waals surface area contributed by atoms with Crippen LogP contribution in [0, 0.1) is 0 Å². The highest BCUT2D eigenvalue weighted by molar-refractivity contribution is 5.66. The molecule has 19 heavy (non-hydrogen) atoms. The SMILES string of the molecule is CC/C=C\C[C@H](O)/C=C/C=C\C/C=C\CCC(=O)O. The third-order valence-electron chi connectivity index (χ3n) is 2.32. The summed E-state index contributed by atoms with van der Waals surface area (Å²) in [5, 5.41) is 18.0. The Morgan fingerprint density at radius 2 is 1.89 bits per heavy atom. The van der Waals surface area contributed by atoms with E-state index in [4.69, 9.17) is 5.11 Å². The second-order valence-corrected chi connectivity index (χ2v) is 4.14. The molecule has 0 aliphatic heterocycles. The Bertz CT molecular complexity index is 338. The highest BCUT2D eigenvalue weighted by atomic mass is 16.4. The fourth-order valence-corrected chi connectivity index (χ4v) is 1.33. The lowest BCUT2D eigenvalue weighted by molar-refractivity contribution is -0.136. The molecule has 0 amide bonds. The zero-order valence-electron chi connectivity index (χ0n) is 11.5. The maximum absolute atomic E-state index is 10.2. The average Bonchev–Trinajstić information content (AvgIpc) is 2.36. The zero-order chi connectivity index (χ0) is 14.3. The third kappa shape index (κ3) is 14.3. The molecule has 0 aromatic carbocycles. The Balaban J connectivity index is 3.66. The fourth-order valence-electron chi connectivity index (χ4n) is 1.33. The Hall–Kier alpha value is -1.61. The van der Waals surface area contributed by atoms with Gasteiger partial charge in [0.25, 0.3) is 0 Å². The summed E-state index contributed by atoms with van der Waals surface area (Å²) in [7, 11) is 0. The van der Waals surface area contributed by atoms with E-state index in [1.54, 1.807) is 6.08 Å². The maximum atomic E-state index is 10.2. The summed E-state index contributed by atoms with van der Waals surface area (Å²) in [5.41, 5.74) is 0. The molecule has 0 heterocycles. The lowest BCUT2D eigenvalue weighted by atomic mass is 10.2. The van der Waals surface area contributed by atoms with Crippen molar-refractivity contribution in [3.8, 4) is 0 Å². The van der Waals surface area contributed by atoms with Gasteiger partial charge in [-0.1, -0.05) is 55.5 Å². The molecular weight excluding hydrogens is 240 g/mol. The molecule has 0 bridgehead atoms. The van der Waals surface area contributed by atoms with Gasteiger partial charge in [0.2, 0.25) is 0 Å². The second-order valence-electron chi connectivity index (χ2n) is 4.14. The van der Waals surface area contributed by atoms with Crippen molar-refractivity contribution < 1.29 is 15.0 Å². The van der Waals surface area contributed by atoms with Crippen molar-refractivity contribution in [2.75, 3.05) is 0 Å². The smallest absolute Gasteiger partial charge is 0.303 e. The normalized spacial score (nSPS) is 14.2. The van der Waals surface area contributed by atoms with E-state index >= 15 is 0 Å². The van der Waals surface area contributed by atoms with Crippen LogP contribution in [-0.4, -0.2) is 22.3 Å². The van der Waals surface area contributed by atoms with Crippen molar-refractivity contribution in [2.45, 2.75) is 45.1 Å². The van der Waals surface area contributed by atoms with Gasteiger partial charge in [0.15, 0.2) is 0 Å². The number of aliphatic hydroxyl groups excluding tert-OH is 1. The number of allylic oxidation sites excluding steroid dienone is 6. The molecule has 0 aromatic rings. The van der Waals surface area contributed by atoms with E-state index in [1.807, 2.05) is 42.5 Å². The minimum atomic E-state index is -0.769.